The molecule has 82 valence electrons. The van der Waals surface area contributed by atoms with Gasteiger partial charge in [0, 0.05) is 6.42 Å². The van der Waals surface area contributed by atoms with E-state index in [1.165, 1.54) is 0 Å². The van der Waals surface area contributed by atoms with Crippen molar-refractivity contribution in [1.29, 1.82) is 0 Å². The first kappa shape index (κ1) is 11.7. The standard InChI is InChI=1S/C10H18O3S/c1-2-5-9(11)8-14(12,13)10-6-3-4-7-10/h10H,2-8H2,1H3. The van der Waals surface area contributed by atoms with Gasteiger partial charge in [-0.1, -0.05) is 19.8 Å². The van der Waals surface area contributed by atoms with Crippen LogP contribution in [0.15, 0.2) is 0 Å². The van der Waals surface area contributed by atoms with Gasteiger partial charge in [0.2, 0.25) is 0 Å². The summed E-state index contributed by atoms with van der Waals surface area (Å²) in [6.45, 7) is 1.89. The average molecular weight is 218 g/mol. The van der Waals surface area contributed by atoms with Gasteiger partial charge in [-0.3, -0.25) is 4.79 Å². The highest BCUT2D eigenvalue weighted by atomic mass is 32.2. The topological polar surface area (TPSA) is 51.2 Å². The molecule has 0 aromatic rings. The fourth-order valence-corrected chi connectivity index (χ4v) is 3.82. The smallest absolute Gasteiger partial charge is 0.160 e. The van der Waals surface area contributed by atoms with E-state index in [4.69, 9.17) is 0 Å². The van der Waals surface area contributed by atoms with Crippen molar-refractivity contribution in [3.8, 4) is 0 Å². The second-order valence-electron chi connectivity index (χ2n) is 4.00. The summed E-state index contributed by atoms with van der Waals surface area (Å²) in [4.78, 5) is 11.2. The summed E-state index contributed by atoms with van der Waals surface area (Å²) < 4.78 is 23.4. The first-order chi connectivity index (χ1) is 6.56. The molecule has 0 amide bonds. The Morgan fingerprint density at radius 3 is 2.36 bits per heavy atom. The highest BCUT2D eigenvalue weighted by Crippen LogP contribution is 2.25. The summed E-state index contributed by atoms with van der Waals surface area (Å²) in [5.74, 6) is -0.356. The van der Waals surface area contributed by atoms with Gasteiger partial charge in [0.15, 0.2) is 9.84 Å². The molecule has 1 aliphatic rings. The number of carbonyl (C=O) groups excluding carboxylic acids is 1. The molecule has 1 aliphatic carbocycles. The lowest BCUT2D eigenvalue weighted by molar-refractivity contribution is -0.116. The predicted molar refractivity (Wildman–Crippen MR) is 56.0 cm³/mol. The maximum atomic E-state index is 11.7. The number of rotatable bonds is 5. The minimum atomic E-state index is -3.13. The molecule has 0 aliphatic heterocycles. The summed E-state index contributed by atoms with van der Waals surface area (Å²) in [6, 6.07) is 0. The van der Waals surface area contributed by atoms with Crippen LogP contribution >= 0.6 is 0 Å². The molecule has 1 rings (SSSR count). The van der Waals surface area contributed by atoms with E-state index in [1.54, 1.807) is 0 Å². The average Bonchev–Trinajstić information content (AvgIpc) is 2.54. The molecule has 0 atom stereocenters. The molecule has 4 heteroatoms. The van der Waals surface area contributed by atoms with Crippen molar-refractivity contribution in [2.75, 3.05) is 5.75 Å². The third-order valence-electron chi connectivity index (χ3n) is 2.70. The van der Waals surface area contributed by atoms with Crippen LogP contribution in [0.4, 0.5) is 0 Å². The second-order valence-corrected chi connectivity index (χ2v) is 6.28. The third kappa shape index (κ3) is 3.08. The van der Waals surface area contributed by atoms with E-state index >= 15 is 0 Å². The number of sulfone groups is 1. The fraction of sp³-hybridized carbons (Fsp3) is 0.900. The van der Waals surface area contributed by atoms with Gasteiger partial charge in [-0.05, 0) is 19.3 Å². The summed E-state index contributed by atoms with van der Waals surface area (Å²) >= 11 is 0. The quantitative estimate of drug-likeness (QED) is 0.706. The van der Waals surface area contributed by atoms with Crippen LogP contribution in [0.2, 0.25) is 0 Å². The Balaban J connectivity index is 2.52. The van der Waals surface area contributed by atoms with Gasteiger partial charge in [0.05, 0.1) is 5.25 Å². The molecule has 0 N–H and O–H groups in total. The van der Waals surface area contributed by atoms with Crippen LogP contribution in [-0.4, -0.2) is 25.2 Å². The molecule has 14 heavy (non-hydrogen) atoms. The lowest BCUT2D eigenvalue weighted by Gasteiger charge is -2.09. The molecule has 0 radical (unpaired) electrons. The monoisotopic (exact) mass is 218 g/mol. The summed E-state index contributed by atoms with van der Waals surface area (Å²) in [5, 5.41) is -0.233. The zero-order valence-electron chi connectivity index (χ0n) is 8.66. The number of hydrogen-bond acceptors (Lipinski definition) is 3. The van der Waals surface area contributed by atoms with Gasteiger partial charge in [-0.25, -0.2) is 8.42 Å². The van der Waals surface area contributed by atoms with Crippen molar-refractivity contribution in [2.45, 2.75) is 50.7 Å². The van der Waals surface area contributed by atoms with E-state index in [0.717, 1.165) is 32.1 Å². The third-order valence-corrected chi connectivity index (χ3v) is 4.91. The predicted octanol–water partition coefficient (Wildman–Crippen LogP) is 1.71. The van der Waals surface area contributed by atoms with Gasteiger partial charge < -0.3 is 0 Å². The van der Waals surface area contributed by atoms with Crippen molar-refractivity contribution >= 4 is 15.6 Å². The molecule has 0 bridgehead atoms. The van der Waals surface area contributed by atoms with Crippen LogP contribution in [0.3, 0.4) is 0 Å². The first-order valence-corrected chi connectivity index (χ1v) is 7.01. The Bertz CT molecular complexity index is 286. The van der Waals surface area contributed by atoms with E-state index in [2.05, 4.69) is 0 Å². The summed E-state index contributed by atoms with van der Waals surface area (Å²) in [6.07, 6.45) is 4.62. The van der Waals surface area contributed by atoms with Crippen molar-refractivity contribution in [3.05, 3.63) is 0 Å². The van der Waals surface area contributed by atoms with Crippen molar-refractivity contribution in [2.24, 2.45) is 0 Å². The molecule has 0 aromatic carbocycles. The van der Waals surface area contributed by atoms with Crippen LogP contribution < -0.4 is 0 Å². The van der Waals surface area contributed by atoms with Gasteiger partial charge in [-0.2, -0.15) is 0 Å². The first-order valence-electron chi connectivity index (χ1n) is 5.29. The fourth-order valence-electron chi connectivity index (χ4n) is 1.94. The Kier molecular flexibility index (Phi) is 4.11. The highest BCUT2D eigenvalue weighted by molar-refractivity contribution is 7.92. The van der Waals surface area contributed by atoms with E-state index < -0.39 is 9.84 Å². The van der Waals surface area contributed by atoms with Crippen LogP contribution in [0, 0.1) is 0 Å². The summed E-state index contributed by atoms with van der Waals surface area (Å²) in [5.41, 5.74) is 0. The maximum Gasteiger partial charge on any atom is 0.160 e. The molecular formula is C10H18O3S. The Morgan fingerprint density at radius 2 is 1.86 bits per heavy atom. The lowest BCUT2D eigenvalue weighted by atomic mass is 10.3. The van der Waals surface area contributed by atoms with Crippen LogP contribution in [0.25, 0.3) is 0 Å². The van der Waals surface area contributed by atoms with Crippen molar-refractivity contribution in [3.63, 3.8) is 0 Å². The Labute approximate surface area is 85.8 Å². The van der Waals surface area contributed by atoms with E-state index in [1.807, 2.05) is 6.92 Å². The van der Waals surface area contributed by atoms with Gasteiger partial charge in [0.25, 0.3) is 0 Å². The van der Waals surface area contributed by atoms with Gasteiger partial charge in [-0.15, -0.1) is 0 Å². The molecule has 0 unspecified atom stereocenters. The van der Waals surface area contributed by atoms with Gasteiger partial charge in [0.1, 0.15) is 11.5 Å². The minimum absolute atomic E-state index is 0.126. The van der Waals surface area contributed by atoms with Crippen molar-refractivity contribution < 1.29 is 13.2 Å². The Hall–Kier alpha value is -0.380. The minimum Gasteiger partial charge on any atom is -0.299 e. The zero-order chi connectivity index (χ0) is 10.6. The maximum absolute atomic E-state index is 11.7. The van der Waals surface area contributed by atoms with Crippen LogP contribution in [-0.2, 0) is 14.6 Å². The van der Waals surface area contributed by atoms with Crippen LogP contribution in [0.5, 0.6) is 0 Å². The van der Waals surface area contributed by atoms with E-state index in [9.17, 15) is 13.2 Å². The second kappa shape index (κ2) is 4.91. The number of ketones is 1. The molecule has 1 fully saturated rings. The van der Waals surface area contributed by atoms with Gasteiger partial charge >= 0.3 is 0 Å². The zero-order valence-corrected chi connectivity index (χ0v) is 9.48. The normalized spacial score (nSPS) is 18.6. The van der Waals surface area contributed by atoms with E-state index in [-0.39, 0.29) is 16.8 Å². The molecule has 0 aromatic heterocycles. The molecule has 0 heterocycles. The number of Topliss-reactive ketones (excluding diaryl/α,β-unsaturated/α-hetero) is 1. The molecular weight excluding hydrogens is 200 g/mol. The van der Waals surface area contributed by atoms with Crippen LogP contribution in [0.1, 0.15) is 45.4 Å². The molecule has 0 spiro atoms. The number of carbonyl (C=O) groups is 1. The summed E-state index contributed by atoms with van der Waals surface area (Å²) in [7, 11) is -3.13. The Morgan fingerprint density at radius 1 is 1.29 bits per heavy atom. The number of hydrogen-bond donors (Lipinski definition) is 0. The SMILES string of the molecule is CCCC(=O)CS(=O)(=O)C1CCCC1. The van der Waals surface area contributed by atoms with Crippen molar-refractivity contribution in [1.82, 2.24) is 0 Å². The largest absolute Gasteiger partial charge is 0.299 e. The molecule has 0 saturated heterocycles. The lowest BCUT2D eigenvalue weighted by Crippen LogP contribution is -2.25. The van der Waals surface area contributed by atoms with E-state index in [0.29, 0.717) is 6.42 Å². The molecule has 3 nitrogen and oxygen atoms in total. The molecule has 1 saturated carbocycles. The highest BCUT2D eigenvalue weighted by Gasteiger charge is 2.29.